The lowest BCUT2D eigenvalue weighted by molar-refractivity contribution is -0.372. The molecule has 4 rings (SSSR count). The first-order chi connectivity index (χ1) is 24.7. The molecule has 3 amide bonds. The van der Waals surface area contributed by atoms with Gasteiger partial charge in [-0.3, -0.25) is 28.4 Å². The number of thiophene rings is 2. The molecule has 0 saturated heterocycles. The highest BCUT2D eigenvalue weighted by Gasteiger charge is 2.44. The van der Waals surface area contributed by atoms with Crippen LogP contribution in [0.3, 0.4) is 0 Å². The fourth-order valence-corrected chi connectivity index (χ4v) is 9.15. The van der Waals surface area contributed by atoms with Crippen molar-refractivity contribution in [1.29, 1.82) is 0 Å². The van der Waals surface area contributed by atoms with Crippen molar-refractivity contribution in [2.24, 2.45) is 23.3 Å². The van der Waals surface area contributed by atoms with Gasteiger partial charge in [-0.05, 0) is 79.4 Å². The summed E-state index contributed by atoms with van der Waals surface area (Å²) in [4.78, 5) is 71.4. The van der Waals surface area contributed by atoms with Gasteiger partial charge in [-0.25, -0.2) is 0 Å². The van der Waals surface area contributed by atoms with Crippen LogP contribution in [-0.4, -0.2) is 67.8 Å². The summed E-state index contributed by atoms with van der Waals surface area (Å²) in [5, 5.41) is 3.55. The van der Waals surface area contributed by atoms with E-state index in [1.807, 2.05) is 55.4 Å². The fourth-order valence-electron chi connectivity index (χ4n) is 6.75. The summed E-state index contributed by atoms with van der Waals surface area (Å²) < 4.78 is 25.3. The highest BCUT2D eigenvalue weighted by atomic mass is 32.1. The van der Waals surface area contributed by atoms with Crippen LogP contribution in [-0.2, 0) is 66.6 Å². The van der Waals surface area contributed by atoms with Gasteiger partial charge in [0.15, 0.2) is 6.79 Å². The predicted molar refractivity (Wildman–Crippen MR) is 206 cm³/mol. The third kappa shape index (κ3) is 10.5. The number of nitrogens with one attached hydrogen (secondary N) is 1. The Kier molecular flexibility index (Phi) is 14.9. The average molecular weight is 796 g/mol. The molecule has 0 spiro atoms. The molecule has 0 radical (unpaired) electrons. The number of amides is 3. The van der Waals surface area contributed by atoms with Crippen LogP contribution < -0.4 is 22.5 Å². The quantitative estimate of drug-likeness (QED) is 0.155. The SMILES string of the molecule is C=[O+]C(=O)C(CC)C(=O)OC.CC1(C)Cc2c(sc(N)c2C(N)=O)C(C)(C)O1.CCC(C(=O)Nc1sc2c(c1C(N)=O)CC(C)(C)OC2(C)C)C(=O)OC. The van der Waals surface area contributed by atoms with Gasteiger partial charge in [0.25, 0.3) is 11.8 Å². The lowest BCUT2D eigenvalue weighted by atomic mass is 9.86. The number of carbonyl (C=O) groups excluding carboxylic acids is 7. The van der Waals surface area contributed by atoms with Crippen LogP contribution in [0.1, 0.15) is 124 Å². The van der Waals surface area contributed by atoms with E-state index in [2.05, 4.69) is 26.0 Å². The zero-order chi connectivity index (χ0) is 41.7. The minimum Gasteiger partial charge on any atom is -0.468 e. The van der Waals surface area contributed by atoms with Crippen molar-refractivity contribution in [2.75, 3.05) is 25.3 Å². The number of methoxy groups -OCH3 is 2. The highest BCUT2D eigenvalue weighted by Crippen LogP contribution is 2.49. The molecule has 300 valence electrons. The maximum atomic E-state index is 12.5. The zero-order valence-corrected chi connectivity index (χ0v) is 34.9. The van der Waals surface area contributed by atoms with Crippen LogP contribution >= 0.6 is 22.7 Å². The number of rotatable bonds is 9. The Morgan fingerprint density at radius 1 is 0.759 bits per heavy atom. The van der Waals surface area contributed by atoms with E-state index in [0.717, 1.165) is 20.9 Å². The van der Waals surface area contributed by atoms with E-state index < -0.39 is 64.3 Å². The first-order valence-corrected chi connectivity index (χ1v) is 18.9. The standard InChI is InChI=1S/C18H26N2O5S.C12H18N2O2S.C7H11O4/c1-7-9(16(23)24-6)14(22)20-15-11(13(19)21)10-8-17(2,3)25-18(4,5)12(10)26-15;1-11(2)5-6-7(9(13)15)10(14)17-8(6)12(3,4)16-11;1-4-5(6(8)10-2)7(9)11-3/h9H,7-8H2,1-6H3,(H2,19,21)(H,20,22);5,14H2,1-4H3,(H2,13,15);5H,2,4H2,1,3H3/q;;+1. The molecule has 0 aliphatic carbocycles. The fraction of sp³-hybridized carbons (Fsp3) is 0.595. The maximum Gasteiger partial charge on any atom is 0.593 e. The van der Waals surface area contributed by atoms with Crippen LogP contribution in [0.25, 0.3) is 0 Å². The van der Waals surface area contributed by atoms with Crippen molar-refractivity contribution in [3.05, 3.63) is 32.0 Å². The predicted octanol–water partition coefficient (Wildman–Crippen LogP) is 4.66. The number of nitrogens with two attached hydrogens (primary N) is 3. The van der Waals surface area contributed by atoms with Gasteiger partial charge < -0.3 is 41.5 Å². The van der Waals surface area contributed by atoms with E-state index in [9.17, 15) is 28.8 Å². The second-order valence-electron chi connectivity index (χ2n) is 15.0. The Labute approximate surface area is 324 Å². The van der Waals surface area contributed by atoms with E-state index in [1.165, 1.54) is 36.9 Å². The zero-order valence-electron chi connectivity index (χ0n) is 33.2. The molecule has 0 bridgehead atoms. The van der Waals surface area contributed by atoms with E-state index in [4.69, 9.17) is 26.7 Å². The first-order valence-electron chi connectivity index (χ1n) is 17.2. The summed E-state index contributed by atoms with van der Waals surface area (Å²) in [6.45, 7) is 22.1. The van der Waals surface area contributed by atoms with Gasteiger partial charge >= 0.3 is 17.9 Å². The lowest BCUT2D eigenvalue weighted by Crippen LogP contribution is -2.42. The molecule has 2 aliphatic heterocycles. The van der Waals surface area contributed by atoms with Gasteiger partial charge in [0.05, 0.1) is 52.8 Å². The van der Waals surface area contributed by atoms with E-state index in [-0.39, 0.29) is 12.0 Å². The second-order valence-corrected chi connectivity index (χ2v) is 17.1. The topological polar surface area (TPSA) is 241 Å². The third-order valence-electron chi connectivity index (χ3n) is 8.66. The molecule has 4 heterocycles. The summed E-state index contributed by atoms with van der Waals surface area (Å²) in [5.41, 5.74) is 17.6. The molecule has 17 heteroatoms. The van der Waals surface area contributed by atoms with Crippen LogP contribution in [0, 0.1) is 11.8 Å². The van der Waals surface area contributed by atoms with E-state index in [0.29, 0.717) is 40.4 Å². The highest BCUT2D eigenvalue weighted by molar-refractivity contribution is 7.17. The van der Waals surface area contributed by atoms with Crippen molar-refractivity contribution in [3.8, 4) is 0 Å². The summed E-state index contributed by atoms with van der Waals surface area (Å²) in [6, 6.07) is 0. The molecule has 2 aliphatic rings. The van der Waals surface area contributed by atoms with Crippen LogP contribution in [0.2, 0.25) is 0 Å². The number of esters is 2. The largest absolute Gasteiger partial charge is 0.593 e. The molecule has 2 aromatic rings. The van der Waals surface area contributed by atoms with Crippen LogP contribution in [0.4, 0.5) is 10.0 Å². The number of anilines is 2. The molecule has 0 aromatic carbocycles. The van der Waals surface area contributed by atoms with Gasteiger partial charge in [0.2, 0.25) is 11.8 Å². The molecule has 2 unspecified atom stereocenters. The van der Waals surface area contributed by atoms with Crippen molar-refractivity contribution >= 4 is 75.1 Å². The van der Waals surface area contributed by atoms with Crippen molar-refractivity contribution in [2.45, 2.75) is 117 Å². The number of primary amides is 2. The Bertz CT molecular complexity index is 1790. The first kappa shape index (κ1) is 46.0. The summed E-state index contributed by atoms with van der Waals surface area (Å²) in [7, 11) is 2.46. The number of fused-ring (bicyclic) bond motifs is 2. The smallest absolute Gasteiger partial charge is 0.468 e. The van der Waals surface area contributed by atoms with Gasteiger partial charge in [0, 0.05) is 27.4 Å². The van der Waals surface area contributed by atoms with E-state index >= 15 is 0 Å². The minimum absolute atomic E-state index is 0.289. The Morgan fingerprint density at radius 2 is 1.17 bits per heavy atom. The summed E-state index contributed by atoms with van der Waals surface area (Å²) >= 11 is 2.67. The molecular formula is C37H55N4O11S2+. The van der Waals surface area contributed by atoms with Gasteiger partial charge in [-0.15, -0.1) is 22.7 Å². The van der Waals surface area contributed by atoms with Crippen LogP contribution in [0.5, 0.6) is 0 Å². The molecule has 0 saturated carbocycles. The molecule has 0 fully saturated rings. The maximum absolute atomic E-state index is 12.5. The Hall–Kier alpha value is -4.19. The Balaban J connectivity index is 0.000000309. The molecule has 15 nitrogen and oxygen atoms in total. The molecular weight excluding hydrogens is 741 g/mol. The van der Waals surface area contributed by atoms with Crippen molar-refractivity contribution in [1.82, 2.24) is 0 Å². The van der Waals surface area contributed by atoms with Gasteiger partial charge in [-0.2, -0.15) is 0 Å². The molecule has 7 N–H and O–H groups in total. The minimum atomic E-state index is -0.944. The van der Waals surface area contributed by atoms with Crippen molar-refractivity contribution < 1.29 is 52.1 Å². The summed E-state index contributed by atoms with van der Waals surface area (Å²) in [6.07, 6.45) is 1.82. The monoisotopic (exact) mass is 795 g/mol. The average Bonchev–Trinajstić information content (AvgIpc) is 3.57. The molecule has 2 atom stereocenters. The number of nitrogen functional groups attached to an aromatic ring is 1. The second kappa shape index (κ2) is 17.5. The lowest BCUT2D eigenvalue weighted by Gasteiger charge is -2.41. The van der Waals surface area contributed by atoms with Crippen LogP contribution in [0.15, 0.2) is 0 Å². The summed E-state index contributed by atoms with van der Waals surface area (Å²) in [5.74, 6) is -5.21. The number of hydrogen-bond acceptors (Lipinski definition) is 13. The number of hydrogen-bond donors (Lipinski definition) is 4. The molecule has 2 aromatic heterocycles. The molecule has 54 heavy (non-hydrogen) atoms. The number of carbonyl (C=O) groups is 6. The van der Waals surface area contributed by atoms with E-state index in [1.54, 1.807) is 13.8 Å². The normalized spacial score (nSPS) is 17.9. The van der Waals surface area contributed by atoms with Gasteiger partial charge in [-0.1, -0.05) is 13.8 Å². The third-order valence-corrected chi connectivity index (χ3v) is 11.5. The number of ether oxygens (including phenoxy) is 4. The van der Waals surface area contributed by atoms with Crippen molar-refractivity contribution in [3.63, 3.8) is 0 Å². The van der Waals surface area contributed by atoms with Gasteiger partial charge in [0.1, 0.15) is 10.9 Å². The Morgan fingerprint density at radius 3 is 1.56 bits per heavy atom.